The number of nitro benzene ring substituents is 1. The van der Waals surface area contributed by atoms with Crippen LogP contribution >= 0.6 is 0 Å². The van der Waals surface area contributed by atoms with Crippen molar-refractivity contribution < 1.29 is 14.5 Å². The molecule has 0 unspecified atom stereocenters. The van der Waals surface area contributed by atoms with Gasteiger partial charge in [0.25, 0.3) is 0 Å². The molecule has 0 aromatic heterocycles. The normalized spacial score (nSPS) is 20.3. The molecule has 1 heterocycles. The van der Waals surface area contributed by atoms with Gasteiger partial charge in [0.05, 0.1) is 17.6 Å². The van der Waals surface area contributed by atoms with Gasteiger partial charge in [-0.25, -0.2) is 0 Å². The predicted octanol–water partition coefficient (Wildman–Crippen LogP) is 2.09. The lowest BCUT2D eigenvalue weighted by molar-refractivity contribution is -0.385. The van der Waals surface area contributed by atoms with Crippen LogP contribution in [0.2, 0.25) is 0 Å². The Morgan fingerprint density at radius 2 is 2.26 bits per heavy atom. The zero-order valence-corrected chi connectivity index (χ0v) is 13.8. The Morgan fingerprint density at radius 1 is 1.52 bits per heavy atom. The first-order valence-electron chi connectivity index (χ1n) is 7.75. The largest absolute Gasteiger partial charge is 0.490 e. The molecule has 1 N–H and O–H groups in total. The average molecular weight is 321 g/mol. The van der Waals surface area contributed by atoms with E-state index in [0.717, 1.165) is 25.8 Å². The van der Waals surface area contributed by atoms with Crippen molar-refractivity contribution in [3.63, 3.8) is 0 Å². The van der Waals surface area contributed by atoms with Crippen LogP contribution in [-0.4, -0.2) is 42.0 Å². The molecule has 1 amide bonds. The van der Waals surface area contributed by atoms with Gasteiger partial charge in [-0.3, -0.25) is 14.9 Å². The highest BCUT2D eigenvalue weighted by Crippen LogP contribution is 2.29. The number of carbonyl (C=O) groups excluding carboxylic acids is 1. The van der Waals surface area contributed by atoms with Crippen molar-refractivity contribution in [1.29, 1.82) is 0 Å². The summed E-state index contributed by atoms with van der Waals surface area (Å²) in [7, 11) is 3.13. The maximum atomic E-state index is 12.7. The highest BCUT2D eigenvalue weighted by atomic mass is 16.6. The molecular weight excluding hydrogens is 298 g/mol. The number of likely N-dealkylation sites (N-methyl/N-ethyl adjacent to an activating group) is 1. The first kappa shape index (κ1) is 17.2. The Hall–Kier alpha value is -2.15. The fourth-order valence-electron chi connectivity index (χ4n) is 3.13. The first-order valence-corrected chi connectivity index (χ1v) is 7.75. The second-order valence-electron chi connectivity index (χ2n) is 5.89. The molecule has 1 fully saturated rings. The molecule has 1 aromatic rings. The van der Waals surface area contributed by atoms with Crippen molar-refractivity contribution in [2.75, 3.05) is 20.7 Å². The number of hydrogen-bond donors (Lipinski definition) is 1. The van der Waals surface area contributed by atoms with Gasteiger partial charge in [-0.05, 0) is 37.4 Å². The fourth-order valence-corrected chi connectivity index (χ4v) is 3.13. The smallest absolute Gasteiger partial charge is 0.311 e. The highest BCUT2D eigenvalue weighted by molar-refractivity contribution is 5.86. The zero-order chi connectivity index (χ0) is 17.0. The number of nitro groups is 1. The lowest BCUT2D eigenvalue weighted by atomic mass is 9.92. The third-order valence-electron chi connectivity index (χ3n) is 4.46. The molecule has 7 nitrogen and oxygen atoms in total. The molecule has 1 atom stereocenters. The van der Waals surface area contributed by atoms with Gasteiger partial charge in [0, 0.05) is 19.7 Å². The van der Waals surface area contributed by atoms with Crippen LogP contribution < -0.4 is 10.1 Å². The topological polar surface area (TPSA) is 84.7 Å². The summed E-state index contributed by atoms with van der Waals surface area (Å²) in [5.41, 5.74) is 0.125. The average Bonchev–Trinajstić information content (AvgIpc) is 3.04. The number of amides is 1. The van der Waals surface area contributed by atoms with E-state index in [1.807, 2.05) is 6.92 Å². The van der Waals surface area contributed by atoms with E-state index >= 15 is 0 Å². The van der Waals surface area contributed by atoms with Crippen molar-refractivity contribution >= 4 is 11.6 Å². The van der Waals surface area contributed by atoms with Crippen molar-refractivity contribution in [2.24, 2.45) is 0 Å². The van der Waals surface area contributed by atoms with Crippen LogP contribution in [-0.2, 0) is 11.3 Å². The summed E-state index contributed by atoms with van der Waals surface area (Å²) in [4.78, 5) is 25.0. The number of methoxy groups -OCH3 is 1. The molecule has 0 saturated carbocycles. The second kappa shape index (κ2) is 6.95. The Morgan fingerprint density at radius 3 is 2.78 bits per heavy atom. The summed E-state index contributed by atoms with van der Waals surface area (Å²) in [6.45, 7) is 3.18. The molecule has 0 radical (unpaired) electrons. The van der Waals surface area contributed by atoms with Crippen LogP contribution in [0.4, 0.5) is 5.69 Å². The van der Waals surface area contributed by atoms with Crippen LogP contribution in [0.1, 0.15) is 31.7 Å². The second-order valence-corrected chi connectivity index (χ2v) is 5.89. The van der Waals surface area contributed by atoms with Gasteiger partial charge in [0.2, 0.25) is 5.91 Å². The molecule has 0 aliphatic carbocycles. The van der Waals surface area contributed by atoms with E-state index in [1.165, 1.54) is 13.2 Å². The Kier molecular flexibility index (Phi) is 5.20. The van der Waals surface area contributed by atoms with Crippen LogP contribution in [0.15, 0.2) is 18.2 Å². The van der Waals surface area contributed by atoms with Crippen LogP contribution in [0.25, 0.3) is 0 Å². The minimum atomic E-state index is -0.493. The predicted molar refractivity (Wildman–Crippen MR) is 86.4 cm³/mol. The third-order valence-corrected chi connectivity index (χ3v) is 4.46. The van der Waals surface area contributed by atoms with Crippen LogP contribution in [0.5, 0.6) is 5.75 Å². The van der Waals surface area contributed by atoms with Gasteiger partial charge in [0.15, 0.2) is 5.75 Å². The van der Waals surface area contributed by atoms with Gasteiger partial charge in [0.1, 0.15) is 0 Å². The fraction of sp³-hybridized carbons (Fsp3) is 0.562. The van der Waals surface area contributed by atoms with Gasteiger partial charge in [-0.2, -0.15) is 0 Å². The monoisotopic (exact) mass is 321 g/mol. The van der Waals surface area contributed by atoms with Crippen LogP contribution in [0, 0.1) is 10.1 Å². The van der Waals surface area contributed by atoms with E-state index in [0.29, 0.717) is 12.1 Å². The number of ether oxygens (including phenoxy) is 1. The van der Waals surface area contributed by atoms with E-state index in [9.17, 15) is 14.9 Å². The molecule has 2 rings (SSSR count). The molecular formula is C16H23N3O4. The number of rotatable bonds is 6. The Bertz CT molecular complexity index is 597. The van der Waals surface area contributed by atoms with E-state index < -0.39 is 10.5 Å². The molecule has 1 aliphatic rings. The van der Waals surface area contributed by atoms with E-state index in [2.05, 4.69) is 5.32 Å². The standard InChI is InChI=1S/C16H23N3O4/c1-4-16(8-5-9-17-16)15(20)18(2)11-12-6-7-14(23-3)13(10-12)19(21)22/h6-7,10,17H,4-5,8-9,11H2,1-3H3/t16-/m1/s1. The minimum Gasteiger partial charge on any atom is -0.490 e. The molecule has 23 heavy (non-hydrogen) atoms. The molecule has 7 heteroatoms. The molecule has 126 valence electrons. The van der Waals surface area contributed by atoms with E-state index in [1.54, 1.807) is 24.1 Å². The summed E-state index contributed by atoms with van der Waals surface area (Å²) in [6.07, 6.45) is 2.55. The lowest BCUT2D eigenvalue weighted by Crippen LogP contribution is -2.53. The van der Waals surface area contributed by atoms with Crippen LogP contribution in [0.3, 0.4) is 0 Å². The van der Waals surface area contributed by atoms with Crippen molar-refractivity contribution in [2.45, 2.75) is 38.3 Å². The van der Waals surface area contributed by atoms with Gasteiger partial charge in [-0.1, -0.05) is 13.0 Å². The quantitative estimate of drug-likeness (QED) is 0.640. The van der Waals surface area contributed by atoms with E-state index in [-0.39, 0.29) is 17.3 Å². The van der Waals surface area contributed by atoms with Gasteiger partial charge < -0.3 is 15.0 Å². The number of carbonyl (C=O) groups is 1. The summed E-state index contributed by atoms with van der Waals surface area (Å²) < 4.78 is 5.00. The number of nitrogens with zero attached hydrogens (tertiary/aromatic N) is 2. The highest BCUT2D eigenvalue weighted by Gasteiger charge is 2.40. The van der Waals surface area contributed by atoms with Crippen molar-refractivity contribution in [3.05, 3.63) is 33.9 Å². The SMILES string of the molecule is CC[C@]1(C(=O)N(C)Cc2ccc(OC)c([N+](=O)[O-])c2)CCCN1. The summed E-state index contributed by atoms with van der Waals surface area (Å²) >= 11 is 0. The summed E-state index contributed by atoms with van der Waals surface area (Å²) in [6, 6.07) is 4.77. The molecule has 0 bridgehead atoms. The van der Waals surface area contributed by atoms with Crippen molar-refractivity contribution in [1.82, 2.24) is 10.2 Å². The minimum absolute atomic E-state index is 0.0379. The molecule has 1 aliphatic heterocycles. The Labute approximate surface area is 135 Å². The van der Waals surface area contributed by atoms with Crippen molar-refractivity contribution in [3.8, 4) is 5.75 Å². The zero-order valence-electron chi connectivity index (χ0n) is 13.8. The van der Waals surface area contributed by atoms with Gasteiger partial charge in [-0.15, -0.1) is 0 Å². The summed E-state index contributed by atoms with van der Waals surface area (Å²) in [5, 5.41) is 14.4. The third kappa shape index (κ3) is 3.44. The summed E-state index contributed by atoms with van der Waals surface area (Å²) in [5.74, 6) is 0.256. The number of hydrogen-bond acceptors (Lipinski definition) is 5. The maximum Gasteiger partial charge on any atom is 0.311 e. The molecule has 0 spiro atoms. The molecule has 1 saturated heterocycles. The first-order chi connectivity index (χ1) is 10.9. The lowest BCUT2D eigenvalue weighted by Gasteiger charge is -2.31. The Balaban J connectivity index is 2.16. The maximum absolute atomic E-state index is 12.7. The van der Waals surface area contributed by atoms with E-state index in [4.69, 9.17) is 4.74 Å². The molecule has 1 aromatic carbocycles. The number of nitrogens with one attached hydrogen (secondary N) is 1. The number of benzene rings is 1. The van der Waals surface area contributed by atoms with Gasteiger partial charge >= 0.3 is 5.69 Å².